The van der Waals surface area contributed by atoms with Gasteiger partial charge in [0.05, 0.1) is 10.6 Å². The van der Waals surface area contributed by atoms with Crippen molar-refractivity contribution < 1.29 is 27.2 Å². The monoisotopic (exact) mass is 500 g/mol. The van der Waals surface area contributed by atoms with Gasteiger partial charge in [0.25, 0.3) is 5.91 Å². The predicted molar refractivity (Wildman–Crippen MR) is 124 cm³/mol. The topological polar surface area (TPSA) is 130 Å². The lowest BCUT2D eigenvalue weighted by atomic mass is 9.92. The van der Waals surface area contributed by atoms with Gasteiger partial charge in [0.1, 0.15) is 12.4 Å². The van der Waals surface area contributed by atoms with Crippen molar-refractivity contribution in [2.24, 2.45) is 5.92 Å². The van der Waals surface area contributed by atoms with Gasteiger partial charge in [0.2, 0.25) is 5.91 Å². The Bertz CT molecular complexity index is 1340. The van der Waals surface area contributed by atoms with Crippen LogP contribution in [0.25, 0.3) is 0 Å². The molecule has 2 aromatic carbocycles. The summed E-state index contributed by atoms with van der Waals surface area (Å²) in [6, 6.07) is 8.99. The Hall–Kier alpha value is -3.47. The highest BCUT2D eigenvalue weighted by Gasteiger charge is 2.60. The highest BCUT2D eigenvalue weighted by atomic mass is 32.2. The quantitative estimate of drug-likeness (QED) is 0.459. The first-order valence-electron chi connectivity index (χ1n) is 11.3. The Morgan fingerprint density at radius 2 is 1.91 bits per heavy atom. The van der Waals surface area contributed by atoms with Crippen molar-refractivity contribution in [3.8, 4) is 0 Å². The van der Waals surface area contributed by atoms with E-state index in [0.717, 1.165) is 17.7 Å². The molecule has 1 aliphatic carbocycles. The van der Waals surface area contributed by atoms with Crippen LogP contribution in [0.1, 0.15) is 30.9 Å². The van der Waals surface area contributed by atoms with E-state index in [0.29, 0.717) is 11.5 Å². The van der Waals surface area contributed by atoms with Gasteiger partial charge in [0, 0.05) is 23.8 Å². The maximum absolute atomic E-state index is 13.5. The Morgan fingerprint density at radius 3 is 2.57 bits per heavy atom. The molecule has 0 bridgehead atoms. The molecule has 1 saturated carbocycles. The molecule has 5 rings (SSSR count). The fourth-order valence-electron chi connectivity index (χ4n) is 4.94. The van der Waals surface area contributed by atoms with Crippen molar-refractivity contribution >= 4 is 33.4 Å². The average Bonchev–Trinajstić information content (AvgIpc) is 3.59. The fourth-order valence-corrected chi connectivity index (χ4v) is 6.91. The molecule has 1 unspecified atom stereocenters. The second kappa shape index (κ2) is 8.04. The Kier molecular flexibility index (Phi) is 5.35. The van der Waals surface area contributed by atoms with Crippen LogP contribution in [-0.4, -0.2) is 54.4 Å². The second-order valence-corrected chi connectivity index (χ2v) is 11.4. The third-order valence-electron chi connectivity index (χ3n) is 7.06. The van der Waals surface area contributed by atoms with Crippen molar-refractivity contribution in [2.75, 3.05) is 18.0 Å². The lowest BCUT2D eigenvalue weighted by Gasteiger charge is -2.31. The molecule has 184 valence electrons. The van der Waals surface area contributed by atoms with E-state index in [1.165, 1.54) is 30.3 Å². The van der Waals surface area contributed by atoms with Crippen LogP contribution in [0.2, 0.25) is 0 Å². The number of nitrogens with zero attached hydrogens (tertiary/aromatic N) is 2. The molecule has 2 heterocycles. The molecule has 1 spiro atoms. The summed E-state index contributed by atoms with van der Waals surface area (Å²) in [6.07, 6.45) is 1.94. The summed E-state index contributed by atoms with van der Waals surface area (Å²) in [4.78, 5) is 42.0. The standard InChI is InChI=1S/C24H25FN4O5S/c1-14(16-4-5-16)28(11-15-2-6-17(25)7-3-15)21(30)12-29-22(31)24(27-23(29)32)13-35(33,34)20-10-18(26)8-9-19(20)24/h2-3,6-10,14,16H,4-5,11-13,26H2,1H3,(H,27,32)/t14-,24?/m0/s1. The molecule has 2 atom stereocenters. The lowest BCUT2D eigenvalue weighted by Crippen LogP contribution is -2.48. The molecule has 1 saturated heterocycles. The molecule has 2 fully saturated rings. The average molecular weight is 501 g/mol. The minimum atomic E-state index is -3.87. The maximum atomic E-state index is 13.5. The maximum Gasteiger partial charge on any atom is 0.325 e. The number of fused-ring (bicyclic) bond motifs is 2. The van der Waals surface area contributed by atoms with Gasteiger partial charge >= 0.3 is 6.03 Å². The van der Waals surface area contributed by atoms with E-state index in [1.54, 1.807) is 17.0 Å². The van der Waals surface area contributed by atoms with Crippen molar-refractivity contribution in [3.05, 3.63) is 59.4 Å². The normalized spacial score (nSPS) is 23.3. The number of nitrogen functional groups attached to an aromatic ring is 1. The van der Waals surface area contributed by atoms with Crippen molar-refractivity contribution in [1.29, 1.82) is 0 Å². The van der Waals surface area contributed by atoms with Crippen LogP contribution in [0.3, 0.4) is 0 Å². The number of nitrogens with two attached hydrogens (primary N) is 1. The molecule has 9 nitrogen and oxygen atoms in total. The van der Waals surface area contributed by atoms with E-state index >= 15 is 0 Å². The number of anilines is 1. The van der Waals surface area contributed by atoms with Gasteiger partial charge in [-0.1, -0.05) is 18.2 Å². The first kappa shape index (κ1) is 23.3. The van der Waals surface area contributed by atoms with E-state index in [1.807, 2.05) is 6.92 Å². The molecule has 0 aromatic heterocycles. The number of sulfone groups is 1. The minimum Gasteiger partial charge on any atom is -0.399 e. The van der Waals surface area contributed by atoms with E-state index in [2.05, 4.69) is 5.32 Å². The molecule has 0 radical (unpaired) electrons. The molecular formula is C24H25FN4O5S. The highest BCUT2D eigenvalue weighted by Crippen LogP contribution is 2.43. The Balaban J connectivity index is 1.41. The van der Waals surface area contributed by atoms with Gasteiger partial charge < -0.3 is 16.0 Å². The van der Waals surface area contributed by atoms with Crippen LogP contribution >= 0.6 is 0 Å². The number of carbonyl (C=O) groups is 3. The summed E-state index contributed by atoms with van der Waals surface area (Å²) in [6.45, 7) is 1.58. The number of urea groups is 1. The summed E-state index contributed by atoms with van der Waals surface area (Å²) in [5.74, 6) is -1.95. The number of halogens is 1. The molecule has 4 amide bonds. The number of hydrogen-bond donors (Lipinski definition) is 2. The van der Waals surface area contributed by atoms with Gasteiger partial charge in [-0.2, -0.15) is 0 Å². The minimum absolute atomic E-state index is 0.0976. The Morgan fingerprint density at radius 1 is 1.23 bits per heavy atom. The summed E-state index contributed by atoms with van der Waals surface area (Å²) in [5, 5.41) is 2.53. The van der Waals surface area contributed by atoms with Gasteiger partial charge in [-0.15, -0.1) is 0 Å². The number of nitrogens with one attached hydrogen (secondary N) is 1. The van der Waals surface area contributed by atoms with Crippen LogP contribution in [-0.2, 0) is 31.5 Å². The number of benzene rings is 2. The summed E-state index contributed by atoms with van der Waals surface area (Å²) >= 11 is 0. The van der Waals surface area contributed by atoms with E-state index in [9.17, 15) is 27.2 Å². The zero-order chi connectivity index (χ0) is 25.1. The van der Waals surface area contributed by atoms with Crippen LogP contribution < -0.4 is 11.1 Å². The SMILES string of the molecule is C[C@@H](C1CC1)N(Cc1ccc(F)cc1)C(=O)CN1C(=O)NC2(CS(=O)(=O)c3cc(N)ccc32)C1=O. The summed E-state index contributed by atoms with van der Waals surface area (Å²) in [5.41, 5.74) is 5.04. The van der Waals surface area contributed by atoms with Gasteiger partial charge in [-0.3, -0.25) is 14.5 Å². The summed E-state index contributed by atoms with van der Waals surface area (Å²) in [7, 11) is -3.87. The first-order valence-corrected chi connectivity index (χ1v) is 13.0. The third-order valence-corrected chi connectivity index (χ3v) is 8.88. The van der Waals surface area contributed by atoms with Crippen LogP contribution in [0.15, 0.2) is 47.4 Å². The number of rotatable bonds is 6. The van der Waals surface area contributed by atoms with Crippen molar-refractivity contribution in [1.82, 2.24) is 15.1 Å². The number of hydrogen-bond acceptors (Lipinski definition) is 6. The van der Waals surface area contributed by atoms with Crippen LogP contribution in [0.5, 0.6) is 0 Å². The van der Waals surface area contributed by atoms with Crippen molar-refractivity contribution in [2.45, 2.75) is 42.8 Å². The molecular weight excluding hydrogens is 475 g/mol. The lowest BCUT2D eigenvalue weighted by molar-refractivity contribution is -0.140. The van der Waals surface area contributed by atoms with Gasteiger partial charge in [-0.05, 0) is 55.5 Å². The largest absolute Gasteiger partial charge is 0.399 e. The summed E-state index contributed by atoms with van der Waals surface area (Å²) < 4.78 is 38.9. The zero-order valence-electron chi connectivity index (χ0n) is 19.0. The molecule has 2 aromatic rings. The van der Waals surface area contributed by atoms with Crippen LogP contribution in [0.4, 0.5) is 14.9 Å². The molecule has 3 N–H and O–H groups in total. The number of carbonyl (C=O) groups excluding carboxylic acids is 3. The Labute approximate surface area is 202 Å². The van der Waals surface area contributed by atoms with Gasteiger partial charge in [0.15, 0.2) is 15.4 Å². The first-order chi connectivity index (χ1) is 16.5. The van der Waals surface area contributed by atoms with Gasteiger partial charge in [-0.25, -0.2) is 17.6 Å². The van der Waals surface area contributed by atoms with E-state index in [4.69, 9.17) is 5.73 Å². The fraction of sp³-hybridized carbons (Fsp3) is 0.375. The molecule has 35 heavy (non-hydrogen) atoms. The molecule has 11 heteroatoms. The predicted octanol–water partition coefficient (Wildman–Crippen LogP) is 1.77. The van der Waals surface area contributed by atoms with Crippen LogP contribution in [0, 0.1) is 11.7 Å². The number of amides is 4. The van der Waals surface area contributed by atoms with E-state index in [-0.39, 0.29) is 34.6 Å². The smallest absolute Gasteiger partial charge is 0.325 e. The highest BCUT2D eigenvalue weighted by molar-refractivity contribution is 7.92. The molecule has 2 aliphatic heterocycles. The molecule has 3 aliphatic rings. The third kappa shape index (κ3) is 3.93. The van der Waals surface area contributed by atoms with E-state index < -0.39 is 45.5 Å². The zero-order valence-corrected chi connectivity index (χ0v) is 19.8. The number of imide groups is 1. The van der Waals surface area contributed by atoms with Crippen molar-refractivity contribution in [3.63, 3.8) is 0 Å². The second-order valence-electron chi connectivity index (χ2n) is 9.47.